The van der Waals surface area contributed by atoms with Crippen LogP contribution in [0.4, 0.5) is 0 Å². The summed E-state index contributed by atoms with van der Waals surface area (Å²) in [6.45, 7) is 6.53. The summed E-state index contributed by atoms with van der Waals surface area (Å²) < 4.78 is 7.37. The minimum Gasteiger partial charge on any atom is -0.383 e. The molecule has 0 radical (unpaired) electrons. The van der Waals surface area contributed by atoms with Crippen LogP contribution in [0.3, 0.4) is 0 Å². The Labute approximate surface area is 193 Å². The second-order valence-corrected chi connectivity index (χ2v) is 9.34. The van der Waals surface area contributed by atoms with E-state index in [9.17, 15) is 14.9 Å². The van der Waals surface area contributed by atoms with E-state index in [1.54, 1.807) is 13.2 Å². The van der Waals surface area contributed by atoms with Crippen molar-refractivity contribution >= 4 is 29.2 Å². The standard InChI is InChI=1S/C24H30N4O3S/c1-15-10-19(17(3)28(15)16(2)14-31-4)11-20(13-25)23(29)26-27-24(30)22-12-18-8-6-5-7-9-21(18)32-22/h10-12,16H,5-9,14H2,1-4H3,(H,26,29)(H,27,30). The highest BCUT2D eigenvalue weighted by molar-refractivity contribution is 7.14. The number of hydrogen-bond donors (Lipinski definition) is 2. The highest BCUT2D eigenvalue weighted by Crippen LogP contribution is 2.29. The maximum atomic E-state index is 12.6. The normalized spacial score (nSPS) is 14.8. The minimum absolute atomic E-state index is 0.0769. The molecule has 0 fully saturated rings. The molecule has 32 heavy (non-hydrogen) atoms. The van der Waals surface area contributed by atoms with Crippen molar-refractivity contribution < 1.29 is 14.3 Å². The smallest absolute Gasteiger partial charge is 0.280 e. The van der Waals surface area contributed by atoms with E-state index in [0.29, 0.717) is 11.5 Å². The van der Waals surface area contributed by atoms with Crippen molar-refractivity contribution in [2.45, 2.75) is 58.9 Å². The first-order chi connectivity index (χ1) is 15.3. The van der Waals surface area contributed by atoms with Crippen molar-refractivity contribution in [2.24, 2.45) is 0 Å². The monoisotopic (exact) mass is 454 g/mol. The van der Waals surface area contributed by atoms with Crippen molar-refractivity contribution in [1.82, 2.24) is 15.4 Å². The predicted octanol–water partition coefficient (Wildman–Crippen LogP) is 4.01. The van der Waals surface area contributed by atoms with Gasteiger partial charge in [-0.25, -0.2) is 0 Å². The molecule has 1 aliphatic carbocycles. The highest BCUT2D eigenvalue weighted by atomic mass is 32.1. The van der Waals surface area contributed by atoms with Crippen LogP contribution in [0.2, 0.25) is 0 Å². The summed E-state index contributed by atoms with van der Waals surface area (Å²) in [6.07, 6.45) is 7.05. The van der Waals surface area contributed by atoms with Gasteiger partial charge in [-0.2, -0.15) is 5.26 Å². The molecule has 0 saturated heterocycles. The number of fused-ring (bicyclic) bond motifs is 1. The van der Waals surface area contributed by atoms with Gasteiger partial charge in [-0.1, -0.05) is 6.42 Å². The molecule has 0 bridgehead atoms. The van der Waals surface area contributed by atoms with Gasteiger partial charge >= 0.3 is 0 Å². The van der Waals surface area contributed by atoms with Crippen molar-refractivity contribution in [2.75, 3.05) is 13.7 Å². The number of carbonyl (C=O) groups excluding carboxylic acids is 2. The molecular weight excluding hydrogens is 424 g/mol. The van der Waals surface area contributed by atoms with Gasteiger partial charge in [0, 0.05) is 23.4 Å². The number of methoxy groups -OCH3 is 1. The van der Waals surface area contributed by atoms with Crippen molar-refractivity contribution in [3.63, 3.8) is 0 Å². The zero-order valence-electron chi connectivity index (χ0n) is 19.1. The molecule has 2 aromatic rings. The SMILES string of the molecule is COCC(C)n1c(C)cc(C=C(C#N)C(=O)NNC(=O)c2cc3c(s2)CCCCC3)c1C. The van der Waals surface area contributed by atoms with Crippen LogP contribution in [-0.4, -0.2) is 30.1 Å². The molecule has 8 heteroatoms. The van der Waals surface area contributed by atoms with E-state index in [0.717, 1.165) is 42.6 Å². The molecule has 7 nitrogen and oxygen atoms in total. The number of nitrogens with zero attached hydrogens (tertiary/aromatic N) is 2. The third-order valence-electron chi connectivity index (χ3n) is 5.80. The van der Waals surface area contributed by atoms with Gasteiger partial charge < -0.3 is 9.30 Å². The summed E-state index contributed by atoms with van der Waals surface area (Å²) in [5.74, 6) is -1.01. The van der Waals surface area contributed by atoms with Crippen LogP contribution in [0.1, 0.15) is 69.3 Å². The number of hydrogen-bond acceptors (Lipinski definition) is 5. The molecule has 2 aromatic heterocycles. The van der Waals surface area contributed by atoms with Gasteiger partial charge in [-0.05, 0) is 75.8 Å². The third-order valence-corrected chi connectivity index (χ3v) is 7.03. The first-order valence-electron chi connectivity index (χ1n) is 10.9. The largest absolute Gasteiger partial charge is 0.383 e. The summed E-state index contributed by atoms with van der Waals surface area (Å²) in [4.78, 5) is 26.9. The summed E-state index contributed by atoms with van der Waals surface area (Å²) >= 11 is 1.48. The maximum absolute atomic E-state index is 12.6. The number of ether oxygens (including phenoxy) is 1. The van der Waals surface area contributed by atoms with Crippen LogP contribution in [0.25, 0.3) is 6.08 Å². The van der Waals surface area contributed by atoms with Gasteiger partial charge in [0.15, 0.2) is 0 Å². The molecule has 2 amide bonds. The van der Waals surface area contributed by atoms with Crippen LogP contribution < -0.4 is 10.9 Å². The van der Waals surface area contributed by atoms with Gasteiger partial charge in [0.25, 0.3) is 11.8 Å². The number of hydrazine groups is 1. The van der Waals surface area contributed by atoms with Gasteiger partial charge in [0.1, 0.15) is 11.6 Å². The van der Waals surface area contributed by atoms with E-state index in [-0.39, 0.29) is 17.5 Å². The predicted molar refractivity (Wildman–Crippen MR) is 125 cm³/mol. The van der Waals surface area contributed by atoms with Crippen LogP contribution in [0.15, 0.2) is 17.7 Å². The van der Waals surface area contributed by atoms with E-state index >= 15 is 0 Å². The van der Waals surface area contributed by atoms with Crippen molar-refractivity contribution in [1.29, 1.82) is 5.26 Å². The summed E-state index contributed by atoms with van der Waals surface area (Å²) in [5, 5.41) is 9.52. The first kappa shape index (κ1) is 23.8. The molecule has 0 aromatic carbocycles. The van der Waals surface area contributed by atoms with E-state index in [1.165, 1.54) is 28.2 Å². The number of amides is 2. The molecule has 170 valence electrons. The molecule has 1 unspecified atom stereocenters. The van der Waals surface area contributed by atoms with Gasteiger partial charge in [0.05, 0.1) is 17.5 Å². The Bertz CT molecular complexity index is 1050. The lowest BCUT2D eigenvalue weighted by Crippen LogP contribution is -2.41. The fourth-order valence-electron chi connectivity index (χ4n) is 4.27. The Morgan fingerprint density at radius 1 is 1.25 bits per heavy atom. The van der Waals surface area contributed by atoms with Gasteiger partial charge in [-0.15, -0.1) is 11.3 Å². The number of nitriles is 1. The Morgan fingerprint density at radius 3 is 2.72 bits per heavy atom. The fraction of sp³-hybridized carbons (Fsp3) is 0.458. The average Bonchev–Trinajstić information content (AvgIpc) is 3.21. The van der Waals surface area contributed by atoms with Crippen molar-refractivity contribution in [3.8, 4) is 6.07 Å². The molecular formula is C24H30N4O3S. The Balaban J connectivity index is 1.69. The number of aryl methyl sites for hydroxylation is 3. The van der Waals surface area contributed by atoms with Crippen molar-refractivity contribution in [3.05, 3.63) is 50.0 Å². The van der Waals surface area contributed by atoms with Gasteiger partial charge in [0.2, 0.25) is 0 Å². The molecule has 3 rings (SSSR count). The summed E-state index contributed by atoms with van der Waals surface area (Å²) in [6, 6.07) is 5.92. The van der Waals surface area contributed by atoms with Crippen LogP contribution in [-0.2, 0) is 22.4 Å². The fourth-order valence-corrected chi connectivity index (χ4v) is 5.42. The zero-order valence-corrected chi connectivity index (χ0v) is 19.9. The number of aromatic nitrogens is 1. The molecule has 0 spiro atoms. The molecule has 2 heterocycles. The lowest BCUT2D eigenvalue weighted by Gasteiger charge is -2.17. The van der Waals surface area contributed by atoms with E-state index in [2.05, 4.69) is 22.3 Å². The van der Waals surface area contributed by atoms with Crippen LogP contribution in [0, 0.1) is 25.2 Å². The Hall–Kier alpha value is -2.89. The van der Waals surface area contributed by atoms with E-state index in [4.69, 9.17) is 4.74 Å². The summed E-state index contributed by atoms with van der Waals surface area (Å²) in [5.41, 5.74) is 8.73. The quantitative estimate of drug-likeness (QED) is 0.298. The first-order valence-corrected chi connectivity index (χ1v) is 11.7. The minimum atomic E-state index is -0.645. The number of thiophene rings is 1. The zero-order chi connectivity index (χ0) is 23.3. The number of nitrogens with one attached hydrogen (secondary N) is 2. The Kier molecular flexibility index (Phi) is 7.89. The van der Waals surface area contributed by atoms with E-state index < -0.39 is 5.91 Å². The molecule has 2 N–H and O–H groups in total. The van der Waals surface area contributed by atoms with Crippen LogP contribution >= 0.6 is 11.3 Å². The average molecular weight is 455 g/mol. The maximum Gasteiger partial charge on any atom is 0.280 e. The number of rotatable bonds is 6. The van der Waals surface area contributed by atoms with Gasteiger partial charge in [-0.3, -0.25) is 20.4 Å². The second-order valence-electron chi connectivity index (χ2n) is 8.20. The summed E-state index contributed by atoms with van der Waals surface area (Å²) in [7, 11) is 1.66. The molecule has 1 atom stereocenters. The molecule has 1 aliphatic rings. The topological polar surface area (TPSA) is 96.2 Å². The highest BCUT2D eigenvalue weighted by Gasteiger charge is 2.19. The second kappa shape index (κ2) is 10.6. The number of carbonyl (C=O) groups is 2. The third kappa shape index (κ3) is 5.29. The molecule has 0 aliphatic heterocycles. The van der Waals surface area contributed by atoms with Crippen LogP contribution in [0.5, 0.6) is 0 Å². The lowest BCUT2D eigenvalue weighted by molar-refractivity contribution is -0.117. The molecule has 0 saturated carbocycles. The lowest BCUT2D eigenvalue weighted by atomic mass is 10.1. The Morgan fingerprint density at radius 2 is 2.00 bits per heavy atom. The van der Waals surface area contributed by atoms with E-state index in [1.807, 2.05) is 32.0 Å².